The first kappa shape index (κ1) is 23.2. The van der Waals surface area contributed by atoms with Gasteiger partial charge in [0.15, 0.2) is 0 Å². The van der Waals surface area contributed by atoms with Crippen molar-refractivity contribution in [3.63, 3.8) is 0 Å². The molecule has 0 atom stereocenters. The van der Waals surface area contributed by atoms with E-state index in [1.54, 1.807) is 70.0 Å². The fourth-order valence-electron chi connectivity index (χ4n) is 4.59. The van der Waals surface area contributed by atoms with Crippen LogP contribution in [0.25, 0.3) is 0 Å². The van der Waals surface area contributed by atoms with Crippen LogP contribution in [0.2, 0.25) is 0 Å². The lowest BCUT2D eigenvalue weighted by molar-refractivity contribution is 0.0986. The van der Waals surface area contributed by atoms with E-state index in [4.69, 9.17) is 0 Å². The summed E-state index contributed by atoms with van der Waals surface area (Å²) in [6.45, 7) is 1.57. The van der Waals surface area contributed by atoms with Gasteiger partial charge in [-0.1, -0.05) is 12.5 Å². The maximum atomic E-state index is 13.3. The minimum Gasteiger partial charge on any atom is -0.322 e. The molecule has 0 unspecified atom stereocenters. The molecule has 3 heterocycles. The Labute approximate surface area is 204 Å². The second kappa shape index (κ2) is 9.59. The number of hydrogen-bond donors (Lipinski definition) is 1. The highest BCUT2D eigenvalue weighted by Gasteiger charge is 2.30. The van der Waals surface area contributed by atoms with Crippen molar-refractivity contribution in [1.29, 1.82) is 0 Å². The predicted octanol–water partition coefficient (Wildman–Crippen LogP) is 3.71. The van der Waals surface area contributed by atoms with Crippen LogP contribution in [-0.2, 0) is 16.4 Å². The van der Waals surface area contributed by atoms with Crippen LogP contribution in [-0.4, -0.2) is 49.2 Å². The Kier molecular flexibility index (Phi) is 6.36. The standard InChI is InChI=1S/C26H26N4O4S/c31-25(21-7-5-12-27-18-21)28-22-8-4-6-20(16-22)26(32)30-15-11-19-17-23(9-10-24(19)30)35(33,34)29-13-2-1-3-14-29/h4-10,12,16-18H,1-3,11,13-15H2,(H,28,31). The molecule has 0 aliphatic carbocycles. The average Bonchev–Trinajstić information content (AvgIpc) is 3.33. The van der Waals surface area contributed by atoms with Crippen LogP contribution >= 0.6 is 0 Å². The number of nitrogens with zero attached hydrogens (tertiary/aromatic N) is 3. The van der Waals surface area contributed by atoms with Gasteiger partial charge in [0.2, 0.25) is 10.0 Å². The molecule has 2 aliphatic heterocycles. The maximum absolute atomic E-state index is 13.3. The van der Waals surface area contributed by atoms with E-state index in [-0.39, 0.29) is 16.7 Å². The van der Waals surface area contributed by atoms with Gasteiger partial charge in [-0.25, -0.2) is 8.42 Å². The fourth-order valence-corrected chi connectivity index (χ4v) is 6.16. The minimum absolute atomic E-state index is 0.201. The smallest absolute Gasteiger partial charge is 0.258 e. The molecule has 2 aromatic carbocycles. The average molecular weight is 491 g/mol. The van der Waals surface area contributed by atoms with Crippen LogP contribution in [0.4, 0.5) is 11.4 Å². The van der Waals surface area contributed by atoms with E-state index >= 15 is 0 Å². The Bertz CT molecular complexity index is 1370. The van der Waals surface area contributed by atoms with Crippen LogP contribution < -0.4 is 10.2 Å². The molecule has 8 nitrogen and oxygen atoms in total. The molecule has 9 heteroatoms. The van der Waals surface area contributed by atoms with Crippen molar-refractivity contribution in [2.24, 2.45) is 0 Å². The van der Waals surface area contributed by atoms with Crippen LogP contribution in [0.3, 0.4) is 0 Å². The van der Waals surface area contributed by atoms with Crippen molar-refractivity contribution < 1.29 is 18.0 Å². The SMILES string of the molecule is O=C(Nc1cccc(C(=O)N2CCc3cc(S(=O)(=O)N4CCCCC4)ccc32)c1)c1cccnc1. The summed E-state index contributed by atoms with van der Waals surface area (Å²) >= 11 is 0. The van der Waals surface area contributed by atoms with Crippen LogP contribution in [0.15, 0.2) is 71.9 Å². The Morgan fingerprint density at radius 3 is 2.46 bits per heavy atom. The number of piperidine rings is 1. The van der Waals surface area contributed by atoms with Crippen molar-refractivity contribution >= 4 is 33.2 Å². The van der Waals surface area contributed by atoms with Crippen molar-refractivity contribution in [3.05, 3.63) is 83.7 Å². The molecule has 1 N–H and O–H groups in total. The Balaban J connectivity index is 1.34. The molecule has 0 spiro atoms. The van der Waals surface area contributed by atoms with E-state index < -0.39 is 10.0 Å². The second-order valence-electron chi connectivity index (χ2n) is 8.74. The van der Waals surface area contributed by atoms with E-state index in [9.17, 15) is 18.0 Å². The molecule has 5 rings (SSSR count). The number of rotatable bonds is 5. The summed E-state index contributed by atoms with van der Waals surface area (Å²) in [6.07, 6.45) is 6.48. The zero-order valence-corrected chi connectivity index (χ0v) is 20.0. The molecule has 0 bridgehead atoms. The first-order chi connectivity index (χ1) is 16.9. The van der Waals surface area contributed by atoms with Crippen LogP contribution in [0.1, 0.15) is 45.5 Å². The van der Waals surface area contributed by atoms with Crippen molar-refractivity contribution in [2.45, 2.75) is 30.6 Å². The van der Waals surface area contributed by atoms with Crippen LogP contribution in [0, 0.1) is 0 Å². The first-order valence-electron chi connectivity index (χ1n) is 11.7. The molecule has 1 saturated heterocycles. The highest BCUT2D eigenvalue weighted by molar-refractivity contribution is 7.89. The number of pyridine rings is 1. The lowest BCUT2D eigenvalue weighted by Gasteiger charge is -2.26. The summed E-state index contributed by atoms with van der Waals surface area (Å²) in [5, 5.41) is 2.80. The van der Waals surface area contributed by atoms with Gasteiger partial charge in [0, 0.05) is 49.0 Å². The molecule has 35 heavy (non-hydrogen) atoms. The molecule has 1 aromatic heterocycles. The molecule has 1 fully saturated rings. The third-order valence-electron chi connectivity index (χ3n) is 6.44. The monoisotopic (exact) mass is 490 g/mol. The molecule has 3 aromatic rings. The normalized spacial score (nSPS) is 16.1. The van der Waals surface area contributed by atoms with Gasteiger partial charge in [-0.15, -0.1) is 0 Å². The Hall–Kier alpha value is -3.56. The summed E-state index contributed by atoms with van der Waals surface area (Å²) in [4.78, 5) is 31.7. The van der Waals surface area contributed by atoms with Gasteiger partial charge < -0.3 is 10.2 Å². The number of amides is 2. The number of nitrogens with one attached hydrogen (secondary N) is 1. The minimum atomic E-state index is -3.53. The predicted molar refractivity (Wildman–Crippen MR) is 133 cm³/mol. The van der Waals surface area contributed by atoms with Crippen LogP contribution in [0.5, 0.6) is 0 Å². The highest BCUT2D eigenvalue weighted by atomic mass is 32.2. The summed E-state index contributed by atoms with van der Waals surface area (Å²) < 4.78 is 27.7. The zero-order chi connectivity index (χ0) is 24.4. The Morgan fingerprint density at radius 2 is 1.69 bits per heavy atom. The zero-order valence-electron chi connectivity index (χ0n) is 19.2. The maximum Gasteiger partial charge on any atom is 0.258 e. The van der Waals surface area contributed by atoms with Gasteiger partial charge in [-0.3, -0.25) is 14.6 Å². The highest BCUT2D eigenvalue weighted by Crippen LogP contribution is 2.33. The molecular weight excluding hydrogens is 464 g/mol. The number of sulfonamides is 1. The number of benzene rings is 2. The lowest BCUT2D eigenvalue weighted by Crippen LogP contribution is -2.35. The number of anilines is 2. The van der Waals surface area contributed by atoms with Crippen molar-refractivity contribution in [3.8, 4) is 0 Å². The lowest BCUT2D eigenvalue weighted by atomic mass is 10.1. The quantitative estimate of drug-likeness (QED) is 0.588. The molecular formula is C26H26N4O4S. The molecule has 180 valence electrons. The van der Waals surface area contributed by atoms with E-state index in [0.29, 0.717) is 42.9 Å². The third kappa shape index (κ3) is 4.69. The van der Waals surface area contributed by atoms with Gasteiger partial charge >= 0.3 is 0 Å². The van der Waals surface area contributed by atoms with Gasteiger partial charge in [0.25, 0.3) is 11.8 Å². The number of hydrogen-bond acceptors (Lipinski definition) is 5. The first-order valence-corrected chi connectivity index (χ1v) is 13.1. The molecule has 2 aliphatic rings. The van der Waals surface area contributed by atoms with Gasteiger partial charge in [0.05, 0.1) is 10.5 Å². The van der Waals surface area contributed by atoms with E-state index in [2.05, 4.69) is 10.3 Å². The second-order valence-corrected chi connectivity index (χ2v) is 10.7. The summed E-state index contributed by atoms with van der Waals surface area (Å²) in [5.41, 5.74) is 2.93. The summed E-state index contributed by atoms with van der Waals surface area (Å²) in [7, 11) is -3.53. The van der Waals surface area contributed by atoms with Gasteiger partial charge in [0.1, 0.15) is 0 Å². The number of aromatic nitrogens is 1. The van der Waals surface area contributed by atoms with E-state index in [1.165, 1.54) is 6.20 Å². The summed E-state index contributed by atoms with van der Waals surface area (Å²) in [6, 6.07) is 15.2. The molecule has 0 radical (unpaired) electrons. The molecule has 2 amide bonds. The van der Waals surface area contributed by atoms with E-state index in [1.807, 2.05) is 0 Å². The number of carbonyl (C=O) groups excluding carboxylic acids is 2. The number of fused-ring (bicyclic) bond motifs is 1. The topological polar surface area (TPSA) is 99.7 Å². The van der Waals surface area contributed by atoms with Gasteiger partial charge in [-0.2, -0.15) is 4.31 Å². The number of carbonyl (C=O) groups is 2. The van der Waals surface area contributed by atoms with Crippen molar-refractivity contribution in [1.82, 2.24) is 9.29 Å². The summed E-state index contributed by atoms with van der Waals surface area (Å²) in [5.74, 6) is -0.510. The van der Waals surface area contributed by atoms with E-state index in [0.717, 1.165) is 30.5 Å². The largest absolute Gasteiger partial charge is 0.322 e. The molecule has 0 saturated carbocycles. The van der Waals surface area contributed by atoms with Crippen molar-refractivity contribution in [2.75, 3.05) is 29.9 Å². The Morgan fingerprint density at radius 1 is 0.886 bits per heavy atom. The fraction of sp³-hybridized carbons (Fsp3) is 0.269. The third-order valence-corrected chi connectivity index (χ3v) is 8.33. The van der Waals surface area contributed by atoms with Gasteiger partial charge in [-0.05, 0) is 73.4 Å².